The van der Waals surface area contributed by atoms with E-state index >= 15 is 0 Å². The molecule has 126 valence electrons. The average molecular weight is 364 g/mol. The van der Waals surface area contributed by atoms with Gasteiger partial charge in [0.05, 0.1) is 16.9 Å². The van der Waals surface area contributed by atoms with Crippen molar-refractivity contribution in [1.82, 2.24) is 4.72 Å². The summed E-state index contributed by atoms with van der Waals surface area (Å²) in [5.74, 6) is -1.78. The second-order valence-electron chi connectivity index (χ2n) is 4.90. The number of rotatable bonds is 7. The molecule has 0 aliphatic heterocycles. The summed E-state index contributed by atoms with van der Waals surface area (Å²) in [7, 11) is -3.99. The van der Waals surface area contributed by atoms with Gasteiger partial charge in [-0.3, -0.25) is 4.79 Å². The molecule has 0 saturated heterocycles. The molecule has 1 atom stereocenters. The van der Waals surface area contributed by atoms with Gasteiger partial charge in [0.2, 0.25) is 10.0 Å². The van der Waals surface area contributed by atoms with E-state index in [0.717, 1.165) is 4.88 Å². The highest BCUT2D eigenvalue weighted by atomic mass is 32.2. The van der Waals surface area contributed by atoms with E-state index in [1.165, 1.54) is 48.6 Å². The number of sulfonamides is 1. The third-order valence-corrected chi connectivity index (χ3v) is 5.47. The fraction of sp³-hybridized carbons (Fsp3) is 0.125. The molecule has 1 heterocycles. The number of hydrogen-bond acceptors (Lipinski definition) is 6. The molecule has 1 aromatic heterocycles. The predicted molar refractivity (Wildman–Crippen MR) is 88.9 cm³/mol. The average Bonchev–Trinajstić information content (AvgIpc) is 3.05. The van der Waals surface area contributed by atoms with Crippen molar-refractivity contribution in [3.8, 4) is 0 Å². The van der Waals surface area contributed by atoms with Crippen LogP contribution in [0.5, 0.6) is 0 Å². The Hall–Kier alpha value is -2.29. The number of carboxylic acids is 1. The Balaban J connectivity index is 2.12. The van der Waals surface area contributed by atoms with Crippen LogP contribution in [-0.2, 0) is 14.8 Å². The Morgan fingerprint density at radius 2 is 1.88 bits per heavy atom. The molecule has 0 aliphatic rings. The van der Waals surface area contributed by atoms with E-state index in [1.807, 2.05) is 22.2 Å². The summed E-state index contributed by atoms with van der Waals surface area (Å²) in [6.45, 7) is 1.17. The molecule has 0 unspecified atom stereocenters. The summed E-state index contributed by atoms with van der Waals surface area (Å²) in [5, 5.41) is 12.5. The van der Waals surface area contributed by atoms with Gasteiger partial charge < -0.3 is 9.90 Å². The van der Waals surface area contributed by atoms with Crippen LogP contribution in [0.2, 0.25) is 0 Å². The Labute approximate surface area is 143 Å². The third-order valence-electron chi connectivity index (χ3n) is 3.08. The van der Waals surface area contributed by atoms with Gasteiger partial charge >= 0.3 is 0 Å². The molecule has 0 spiro atoms. The summed E-state index contributed by atoms with van der Waals surface area (Å²) >= 11 is 1.49. The van der Waals surface area contributed by atoms with Gasteiger partial charge in [0.15, 0.2) is 5.78 Å². The van der Waals surface area contributed by atoms with Crippen molar-refractivity contribution in [2.75, 3.05) is 0 Å². The molecule has 0 radical (unpaired) electrons. The second-order valence-corrected chi connectivity index (χ2v) is 7.59. The molecule has 24 heavy (non-hydrogen) atoms. The molecule has 0 amide bonds. The monoisotopic (exact) mass is 364 g/mol. The zero-order valence-electron chi connectivity index (χ0n) is 12.6. The Morgan fingerprint density at radius 1 is 1.21 bits per heavy atom. The quantitative estimate of drug-likeness (QED) is 0.584. The van der Waals surface area contributed by atoms with Gasteiger partial charge in [-0.2, -0.15) is 0 Å². The van der Waals surface area contributed by atoms with Crippen LogP contribution in [0.4, 0.5) is 0 Å². The first-order chi connectivity index (χ1) is 11.3. The van der Waals surface area contributed by atoms with Crippen molar-refractivity contribution in [2.45, 2.75) is 17.9 Å². The zero-order valence-corrected chi connectivity index (χ0v) is 14.3. The lowest BCUT2D eigenvalue weighted by atomic mass is 10.1. The van der Waals surface area contributed by atoms with Crippen molar-refractivity contribution in [3.63, 3.8) is 0 Å². The van der Waals surface area contributed by atoms with E-state index in [2.05, 4.69) is 0 Å². The van der Waals surface area contributed by atoms with Gasteiger partial charge in [0, 0.05) is 10.4 Å². The molecule has 2 rings (SSSR count). The molecule has 8 heteroatoms. The van der Waals surface area contributed by atoms with Gasteiger partial charge in [0.1, 0.15) is 0 Å². The molecule has 0 bridgehead atoms. The lowest BCUT2D eigenvalue weighted by molar-refractivity contribution is -0.307. The SMILES string of the molecule is C[C@H](NS(=O)(=O)c1ccc(C(=O)/C=C/c2cccs2)cc1)C(=O)[O-]. The smallest absolute Gasteiger partial charge is 0.241 e. The Kier molecular flexibility index (Phi) is 5.66. The molecule has 6 nitrogen and oxygen atoms in total. The maximum atomic E-state index is 12.0. The van der Waals surface area contributed by atoms with Crippen LogP contribution in [0, 0.1) is 0 Å². The summed E-state index contributed by atoms with van der Waals surface area (Å²) in [6.07, 6.45) is 3.09. The molecular weight excluding hydrogens is 350 g/mol. The molecule has 2 aromatic rings. The van der Waals surface area contributed by atoms with Gasteiger partial charge in [0.25, 0.3) is 0 Å². The predicted octanol–water partition coefficient (Wildman–Crippen LogP) is 1.06. The van der Waals surface area contributed by atoms with Crippen LogP contribution < -0.4 is 9.83 Å². The number of hydrogen-bond donors (Lipinski definition) is 1. The Bertz CT molecular complexity index is 852. The molecule has 1 aromatic carbocycles. The maximum Gasteiger partial charge on any atom is 0.241 e. The summed E-state index contributed by atoms with van der Waals surface area (Å²) < 4.78 is 26.0. The van der Waals surface area contributed by atoms with Crippen molar-refractivity contribution < 1.29 is 23.1 Å². The van der Waals surface area contributed by atoms with Crippen LogP contribution in [0.15, 0.2) is 52.7 Å². The van der Waals surface area contributed by atoms with E-state index in [1.54, 1.807) is 6.08 Å². The highest BCUT2D eigenvalue weighted by Crippen LogP contribution is 2.14. The Morgan fingerprint density at radius 3 is 2.42 bits per heavy atom. The van der Waals surface area contributed by atoms with Crippen molar-refractivity contribution in [1.29, 1.82) is 0 Å². The highest BCUT2D eigenvalue weighted by Gasteiger charge is 2.18. The van der Waals surface area contributed by atoms with E-state index in [4.69, 9.17) is 0 Å². The zero-order chi connectivity index (χ0) is 17.7. The number of carboxylic acid groups (broad SMARTS) is 1. The fourth-order valence-corrected chi connectivity index (χ4v) is 3.60. The standard InChI is InChI=1S/C16H15NO5S2/c1-11(16(19)20)17-24(21,22)14-7-4-12(5-8-14)15(18)9-6-13-3-2-10-23-13/h2-11,17H,1H3,(H,19,20)/p-1/b9-6+/t11-/m0/s1. The van der Waals surface area contributed by atoms with Crippen LogP contribution in [-0.4, -0.2) is 26.2 Å². The van der Waals surface area contributed by atoms with E-state index in [0.29, 0.717) is 5.56 Å². The van der Waals surface area contributed by atoms with Crippen LogP contribution in [0.3, 0.4) is 0 Å². The van der Waals surface area contributed by atoms with Gasteiger partial charge in [-0.15, -0.1) is 11.3 Å². The normalized spacial score (nSPS) is 13.0. The van der Waals surface area contributed by atoms with Crippen molar-refractivity contribution in [3.05, 3.63) is 58.3 Å². The highest BCUT2D eigenvalue weighted by molar-refractivity contribution is 7.89. The van der Waals surface area contributed by atoms with Crippen molar-refractivity contribution in [2.24, 2.45) is 0 Å². The minimum absolute atomic E-state index is 0.130. The molecule has 0 aliphatic carbocycles. The van der Waals surface area contributed by atoms with Crippen LogP contribution in [0.25, 0.3) is 6.08 Å². The minimum Gasteiger partial charge on any atom is -0.548 e. The van der Waals surface area contributed by atoms with E-state index < -0.39 is 22.0 Å². The fourth-order valence-electron chi connectivity index (χ4n) is 1.79. The summed E-state index contributed by atoms with van der Waals surface area (Å²) in [5.41, 5.74) is 0.328. The largest absolute Gasteiger partial charge is 0.548 e. The number of allylic oxidation sites excluding steroid dienone is 1. The van der Waals surface area contributed by atoms with E-state index in [9.17, 15) is 23.1 Å². The molecule has 0 saturated carbocycles. The van der Waals surface area contributed by atoms with Gasteiger partial charge in [-0.1, -0.05) is 6.07 Å². The summed E-state index contributed by atoms with van der Waals surface area (Å²) in [4.78, 5) is 23.5. The number of nitrogens with one attached hydrogen (secondary N) is 1. The first kappa shape index (κ1) is 18.1. The molecule has 0 fully saturated rings. The minimum atomic E-state index is -3.99. The van der Waals surface area contributed by atoms with Crippen LogP contribution in [0.1, 0.15) is 22.2 Å². The summed E-state index contributed by atoms with van der Waals surface area (Å²) in [6, 6.07) is 7.62. The first-order valence-corrected chi connectivity index (χ1v) is 9.25. The second kappa shape index (κ2) is 7.52. The van der Waals surface area contributed by atoms with Gasteiger partial charge in [-0.05, 0) is 54.8 Å². The van der Waals surface area contributed by atoms with Crippen LogP contribution >= 0.6 is 11.3 Å². The third kappa shape index (κ3) is 4.60. The van der Waals surface area contributed by atoms with E-state index in [-0.39, 0.29) is 10.7 Å². The topological polar surface area (TPSA) is 103 Å². The number of ketones is 1. The number of carbonyl (C=O) groups is 2. The number of carbonyl (C=O) groups excluding carboxylic acids is 2. The first-order valence-electron chi connectivity index (χ1n) is 6.89. The molecular formula is C16H14NO5S2-. The lowest BCUT2D eigenvalue weighted by Crippen LogP contribution is -2.45. The maximum absolute atomic E-state index is 12.0. The van der Waals surface area contributed by atoms with Gasteiger partial charge in [-0.25, -0.2) is 13.1 Å². The number of aliphatic carboxylic acids is 1. The lowest BCUT2D eigenvalue weighted by Gasteiger charge is -2.14. The molecule has 1 N–H and O–H groups in total. The number of benzene rings is 1. The number of thiophene rings is 1. The van der Waals surface area contributed by atoms with Crippen molar-refractivity contribution >= 4 is 39.2 Å².